The summed E-state index contributed by atoms with van der Waals surface area (Å²) in [6.45, 7) is 1.28. The Morgan fingerprint density at radius 1 is 1.00 bits per heavy atom. The van der Waals surface area contributed by atoms with E-state index in [-0.39, 0.29) is 0 Å². The van der Waals surface area contributed by atoms with Crippen molar-refractivity contribution >= 4 is 0 Å². The summed E-state index contributed by atoms with van der Waals surface area (Å²) in [5.41, 5.74) is 1.53. The lowest BCUT2D eigenvalue weighted by molar-refractivity contribution is 0.225. The lowest BCUT2D eigenvalue weighted by atomic mass is 9.82. The molecule has 92 valence electrons. The molecule has 2 aliphatic rings. The normalized spacial score (nSPS) is 31.1. The van der Waals surface area contributed by atoms with Gasteiger partial charge in [0.25, 0.3) is 0 Å². The average molecular weight is 229 g/mol. The van der Waals surface area contributed by atoms with Crippen molar-refractivity contribution in [3.63, 3.8) is 0 Å². The Balaban J connectivity index is 1.84. The van der Waals surface area contributed by atoms with E-state index in [1.807, 2.05) is 0 Å². The number of likely N-dealkylation sites (tertiary alicyclic amines) is 1. The second-order valence-corrected chi connectivity index (χ2v) is 5.83. The van der Waals surface area contributed by atoms with Crippen molar-refractivity contribution in [2.75, 3.05) is 13.6 Å². The third-order valence-electron chi connectivity index (χ3n) is 4.84. The van der Waals surface area contributed by atoms with Gasteiger partial charge in [-0.15, -0.1) is 0 Å². The lowest BCUT2D eigenvalue weighted by Gasteiger charge is -2.29. The minimum atomic E-state index is 0.680. The van der Waals surface area contributed by atoms with Gasteiger partial charge in [0.2, 0.25) is 0 Å². The van der Waals surface area contributed by atoms with Crippen LogP contribution in [-0.4, -0.2) is 18.5 Å². The fraction of sp³-hybridized carbons (Fsp3) is 0.625. The van der Waals surface area contributed by atoms with Crippen LogP contribution in [0.25, 0.3) is 0 Å². The van der Waals surface area contributed by atoms with Gasteiger partial charge in [-0.2, -0.15) is 0 Å². The van der Waals surface area contributed by atoms with Crippen molar-refractivity contribution in [3.8, 4) is 0 Å². The van der Waals surface area contributed by atoms with Crippen LogP contribution >= 0.6 is 0 Å². The zero-order chi connectivity index (χ0) is 11.7. The van der Waals surface area contributed by atoms with Gasteiger partial charge in [-0.25, -0.2) is 0 Å². The summed E-state index contributed by atoms with van der Waals surface area (Å²) in [7, 11) is 2.30. The molecule has 1 saturated heterocycles. The summed E-state index contributed by atoms with van der Waals surface area (Å²) in [5, 5.41) is 0. The Kier molecular flexibility index (Phi) is 3.19. The maximum atomic E-state index is 2.57. The van der Waals surface area contributed by atoms with Crippen LogP contribution in [0.5, 0.6) is 0 Å². The largest absolute Gasteiger partial charge is 0.299 e. The fourth-order valence-corrected chi connectivity index (χ4v) is 4.01. The van der Waals surface area contributed by atoms with E-state index in [1.54, 1.807) is 0 Å². The van der Waals surface area contributed by atoms with Crippen LogP contribution in [0.4, 0.5) is 0 Å². The average Bonchev–Trinajstić information content (AvgIpc) is 2.98. The molecule has 0 N–H and O–H groups in total. The highest BCUT2D eigenvalue weighted by Gasteiger charge is 2.38. The van der Waals surface area contributed by atoms with Crippen molar-refractivity contribution in [2.24, 2.45) is 11.8 Å². The third kappa shape index (κ3) is 2.13. The molecule has 0 bridgehead atoms. The van der Waals surface area contributed by atoms with E-state index < -0.39 is 0 Å². The molecule has 1 nitrogen and oxygen atoms in total. The molecule has 0 aromatic heterocycles. The van der Waals surface area contributed by atoms with Gasteiger partial charge in [-0.1, -0.05) is 56.0 Å². The van der Waals surface area contributed by atoms with Crippen molar-refractivity contribution < 1.29 is 0 Å². The zero-order valence-electron chi connectivity index (χ0n) is 10.8. The maximum absolute atomic E-state index is 2.57. The predicted octanol–water partition coefficient (Wildman–Crippen LogP) is 3.87. The molecule has 1 aliphatic carbocycles. The van der Waals surface area contributed by atoms with Crippen molar-refractivity contribution in [1.82, 2.24) is 4.90 Å². The molecule has 1 heterocycles. The first-order valence-electron chi connectivity index (χ1n) is 7.11. The number of rotatable bonds is 2. The van der Waals surface area contributed by atoms with E-state index in [0.717, 1.165) is 11.8 Å². The van der Waals surface area contributed by atoms with Gasteiger partial charge >= 0.3 is 0 Å². The van der Waals surface area contributed by atoms with Crippen LogP contribution in [0.2, 0.25) is 0 Å². The Hall–Kier alpha value is -0.820. The van der Waals surface area contributed by atoms with Crippen molar-refractivity contribution in [1.29, 1.82) is 0 Å². The molecule has 2 fully saturated rings. The van der Waals surface area contributed by atoms with Gasteiger partial charge in [0.05, 0.1) is 0 Å². The Morgan fingerprint density at radius 3 is 2.41 bits per heavy atom. The van der Waals surface area contributed by atoms with Crippen LogP contribution in [0, 0.1) is 11.8 Å². The highest BCUT2D eigenvalue weighted by molar-refractivity contribution is 5.21. The van der Waals surface area contributed by atoms with Crippen LogP contribution in [0.3, 0.4) is 0 Å². The van der Waals surface area contributed by atoms with Crippen LogP contribution < -0.4 is 0 Å². The standard InChI is InChI=1S/C16H23N/c1-17-12-11-15(13-7-5-6-8-13)16(17)14-9-3-2-4-10-14/h2-4,9-10,13,15-16H,5-8,11-12H2,1H3. The first-order valence-corrected chi connectivity index (χ1v) is 7.11. The Morgan fingerprint density at radius 2 is 1.71 bits per heavy atom. The summed E-state index contributed by atoms with van der Waals surface area (Å²) in [5.74, 6) is 1.90. The number of hydrogen-bond acceptors (Lipinski definition) is 1. The predicted molar refractivity (Wildman–Crippen MR) is 71.9 cm³/mol. The number of hydrogen-bond donors (Lipinski definition) is 0. The van der Waals surface area contributed by atoms with Gasteiger partial charge in [0, 0.05) is 6.04 Å². The van der Waals surface area contributed by atoms with Gasteiger partial charge in [0.1, 0.15) is 0 Å². The van der Waals surface area contributed by atoms with E-state index in [9.17, 15) is 0 Å². The first-order chi connectivity index (χ1) is 8.36. The second-order valence-electron chi connectivity index (χ2n) is 5.83. The molecule has 1 aromatic rings. The Bertz CT molecular complexity index is 353. The van der Waals surface area contributed by atoms with E-state index in [4.69, 9.17) is 0 Å². The molecule has 0 amide bonds. The van der Waals surface area contributed by atoms with E-state index in [1.165, 1.54) is 44.2 Å². The molecular weight excluding hydrogens is 206 g/mol. The minimum absolute atomic E-state index is 0.680. The van der Waals surface area contributed by atoms with Crippen molar-refractivity contribution in [3.05, 3.63) is 35.9 Å². The number of benzene rings is 1. The molecule has 2 unspecified atom stereocenters. The zero-order valence-corrected chi connectivity index (χ0v) is 10.8. The van der Waals surface area contributed by atoms with Gasteiger partial charge in [-0.3, -0.25) is 4.90 Å². The smallest absolute Gasteiger partial charge is 0.0376 e. The summed E-state index contributed by atoms with van der Waals surface area (Å²) in [4.78, 5) is 2.57. The van der Waals surface area contributed by atoms with E-state index in [2.05, 4.69) is 42.3 Å². The number of nitrogens with zero attached hydrogens (tertiary/aromatic N) is 1. The Labute approximate surface area is 105 Å². The molecule has 0 radical (unpaired) electrons. The topological polar surface area (TPSA) is 3.24 Å². The van der Waals surface area contributed by atoms with Gasteiger partial charge in [0.15, 0.2) is 0 Å². The third-order valence-corrected chi connectivity index (χ3v) is 4.84. The first kappa shape index (κ1) is 11.3. The molecule has 17 heavy (non-hydrogen) atoms. The fourth-order valence-electron chi connectivity index (χ4n) is 4.01. The lowest BCUT2D eigenvalue weighted by Crippen LogP contribution is -2.24. The van der Waals surface area contributed by atoms with Crippen LogP contribution in [-0.2, 0) is 0 Å². The summed E-state index contributed by atoms with van der Waals surface area (Å²) in [6, 6.07) is 11.8. The van der Waals surface area contributed by atoms with E-state index >= 15 is 0 Å². The molecule has 1 aromatic carbocycles. The van der Waals surface area contributed by atoms with Crippen LogP contribution in [0.1, 0.15) is 43.7 Å². The quantitative estimate of drug-likeness (QED) is 0.744. The second kappa shape index (κ2) is 4.81. The minimum Gasteiger partial charge on any atom is -0.299 e. The molecule has 3 rings (SSSR count). The molecule has 0 spiro atoms. The SMILES string of the molecule is CN1CCC(C2CCCC2)C1c1ccccc1. The van der Waals surface area contributed by atoms with Gasteiger partial charge < -0.3 is 0 Å². The molecule has 1 aliphatic heterocycles. The highest BCUT2D eigenvalue weighted by atomic mass is 15.2. The molecule has 2 atom stereocenters. The molecular formula is C16H23N. The monoisotopic (exact) mass is 229 g/mol. The van der Waals surface area contributed by atoms with Crippen molar-refractivity contribution in [2.45, 2.75) is 38.1 Å². The molecule has 1 heteroatoms. The summed E-state index contributed by atoms with van der Waals surface area (Å²) in [6.07, 6.45) is 7.28. The highest BCUT2D eigenvalue weighted by Crippen LogP contribution is 2.45. The summed E-state index contributed by atoms with van der Waals surface area (Å²) >= 11 is 0. The summed E-state index contributed by atoms with van der Waals surface area (Å²) < 4.78 is 0. The van der Waals surface area contributed by atoms with Crippen LogP contribution in [0.15, 0.2) is 30.3 Å². The maximum Gasteiger partial charge on any atom is 0.0376 e. The van der Waals surface area contributed by atoms with E-state index in [0.29, 0.717) is 6.04 Å². The molecule has 1 saturated carbocycles. The van der Waals surface area contributed by atoms with Gasteiger partial charge in [-0.05, 0) is 37.4 Å².